The number of hydrogen-bond acceptors (Lipinski definition) is 4. The lowest BCUT2D eigenvalue weighted by atomic mass is 10.1. The minimum atomic E-state index is -5.78. The van der Waals surface area contributed by atoms with Crippen molar-refractivity contribution in [2.45, 2.75) is 89.4 Å². The van der Waals surface area contributed by atoms with Crippen molar-refractivity contribution in [1.29, 1.82) is 0 Å². The zero-order chi connectivity index (χ0) is 23.0. The van der Waals surface area contributed by atoms with Crippen LogP contribution >= 0.6 is 0 Å². The van der Waals surface area contributed by atoms with Crippen molar-refractivity contribution < 1.29 is 45.4 Å². The topological polar surface area (TPSA) is 52.6 Å². The van der Waals surface area contributed by atoms with Crippen LogP contribution in [-0.4, -0.2) is 43.4 Å². The third-order valence-electron chi connectivity index (χ3n) is 4.10. The number of esters is 2. The number of ether oxygens (including phenoxy) is 2. The molecular weight excluding hydrogens is 418 g/mol. The van der Waals surface area contributed by atoms with E-state index >= 15 is 0 Å². The highest BCUT2D eigenvalue weighted by molar-refractivity contribution is 5.77. The fourth-order valence-corrected chi connectivity index (χ4v) is 2.38. The molecule has 0 bridgehead atoms. The van der Waals surface area contributed by atoms with Gasteiger partial charge in [0, 0.05) is 0 Å². The van der Waals surface area contributed by atoms with E-state index in [2.05, 4.69) is 11.7 Å². The van der Waals surface area contributed by atoms with Crippen LogP contribution in [0.1, 0.15) is 71.1 Å². The summed E-state index contributed by atoms with van der Waals surface area (Å²) < 4.78 is 83.2. The first kappa shape index (κ1) is 28.3. The molecule has 0 aromatic carbocycles. The largest absolute Gasteiger partial charge is 0.461 e. The van der Waals surface area contributed by atoms with Crippen molar-refractivity contribution in [2.24, 2.45) is 0 Å². The Morgan fingerprint density at radius 3 is 1.93 bits per heavy atom. The molecule has 0 aromatic heterocycles. The molecule has 0 saturated heterocycles. The Hall–Kier alpha value is -1.74. The summed E-state index contributed by atoms with van der Waals surface area (Å²) in [6.07, 6.45) is 1.26. The summed E-state index contributed by atoms with van der Waals surface area (Å²) >= 11 is 0. The Kier molecular flexibility index (Phi) is 14.2. The van der Waals surface area contributed by atoms with Crippen LogP contribution in [0.3, 0.4) is 0 Å². The van der Waals surface area contributed by atoms with Crippen LogP contribution in [0.4, 0.5) is 26.3 Å². The zero-order valence-corrected chi connectivity index (χ0v) is 17.1. The van der Waals surface area contributed by atoms with Gasteiger partial charge in [-0.2, -0.15) is 22.0 Å². The highest BCUT2D eigenvalue weighted by Gasteiger charge is 2.57. The van der Waals surface area contributed by atoms with Crippen molar-refractivity contribution >= 4 is 11.9 Å². The molecule has 0 N–H and O–H groups in total. The summed E-state index contributed by atoms with van der Waals surface area (Å²) in [6.45, 7) is 0.0790. The molecule has 1 atom stereocenters. The van der Waals surface area contributed by atoms with Crippen molar-refractivity contribution in [1.82, 2.24) is 0 Å². The van der Waals surface area contributed by atoms with Crippen LogP contribution in [-0.2, 0) is 19.1 Å². The quantitative estimate of drug-likeness (QED) is 0.124. The predicted octanol–water partition coefficient (Wildman–Crippen LogP) is 6.09. The molecule has 0 radical (unpaired) electrons. The molecule has 0 aliphatic heterocycles. The van der Waals surface area contributed by atoms with Crippen molar-refractivity contribution in [3.05, 3.63) is 12.2 Å². The van der Waals surface area contributed by atoms with Gasteiger partial charge in [-0.3, -0.25) is 9.59 Å². The maximum atomic E-state index is 13.0. The Balaban J connectivity index is 3.82. The second kappa shape index (κ2) is 15.1. The number of carbonyl (C=O) groups is 2. The molecule has 0 spiro atoms. The molecule has 30 heavy (non-hydrogen) atoms. The normalized spacial score (nSPS) is 13.4. The molecule has 0 heterocycles. The van der Waals surface area contributed by atoms with Crippen molar-refractivity contribution in [3.63, 3.8) is 0 Å². The van der Waals surface area contributed by atoms with Gasteiger partial charge in [-0.25, -0.2) is 4.39 Å². The Labute approximate surface area is 173 Å². The molecule has 0 aliphatic carbocycles. The lowest BCUT2D eigenvalue weighted by molar-refractivity contribution is -0.254. The summed E-state index contributed by atoms with van der Waals surface area (Å²) in [6, 6.07) is 0. The van der Waals surface area contributed by atoms with Crippen LogP contribution in [0.5, 0.6) is 0 Å². The van der Waals surface area contributed by atoms with Gasteiger partial charge >= 0.3 is 24.0 Å². The van der Waals surface area contributed by atoms with Crippen LogP contribution in [0.25, 0.3) is 0 Å². The number of carbonyl (C=O) groups excluding carboxylic acids is 2. The van der Waals surface area contributed by atoms with E-state index in [1.165, 1.54) is 32.1 Å². The first-order valence-corrected chi connectivity index (χ1v) is 10.1. The van der Waals surface area contributed by atoms with Gasteiger partial charge in [0.15, 0.2) is 6.61 Å². The number of hydrogen-bond donors (Lipinski definition) is 0. The first-order chi connectivity index (χ1) is 14.0. The van der Waals surface area contributed by atoms with E-state index in [0.29, 0.717) is 0 Å². The summed E-state index contributed by atoms with van der Waals surface area (Å²) in [5.74, 6) is -7.05. The second-order valence-corrected chi connectivity index (χ2v) is 6.89. The second-order valence-electron chi connectivity index (χ2n) is 6.89. The molecule has 0 aromatic rings. The first-order valence-electron chi connectivity index (χ1n) is 10.1. The number of alkyl halides is 6. The Morgan fingerprint density at radius 2 is 1.37 bits per heavy atom. The molecule has 0 aliphatic rings. The van der Waals surface area contributed by atoms with E-state index in [1.54, 1.807) is 6.08 Å². The standard InChI is InChI=1S/C20H30F6O4/c1-2-3-4-5-6-7-8-9-10-11-14-29-16(27)12-13-17(28)30-15-19(22,23)18(21)20(24,25)26/h10-11,18H,2-9,12-15H2,1H3/b11-10+. The van der Waals surface area contributed by atoms with E-state index < -0.39 is 49.7 Å². The monoisotopic (exact) mass is 448 g/mol. The summed E-state index contributed by atoms with van der Waals surface area (Å²) in [7, 11) is 0. The smallest absolute Gasteiger partial charge is 0.425 e. The zero-order valence-electron chi connectivity index (χ0n) is 17.1. The van der Waals surface area contributed by atoms with E-state index in [-0.39, 0.29) is 6.61 Å². The number of unbranched alkanes of at least 4 members (excludes halogenated alkanes) is 7. The Bertz CT molecular complexity index is 520. The molecule has 0 rings (SSSR count). The third-order valence-corrected chi connectivity index (χ3v) is 4.10. The number of rotatable bonds is 16. The van der Waals surface area contributed by atoms with Crippen molar-refractivity contribution in [2.75, 3.05) is 13.2 Å². The summed E-state index contributed by atoms with van der Waals surface area (Å²) in [5, 5.41) is 0. The molecule has 10 heteroatoms. The van der Waals surface area contributed by atoms with Gasteiger partial charge < -0.3 is 9.47 Å². The fraction of sp³-hybridized carbons (Fsp3) is 0.800. The van der Waals surface area contributed by atoms with Gasteiger partial charge in [0.25, 0.3) is 6.17 Å². The molecule has 0 amide bonds. The summed E-state index contributed by atoms with van der Waals surface area (Å²) in [4.78, 5) is 22.7. The average Bonchev–Trinajstić information content (AvgIpc) is 2.67. The van der Waals surface area contributed by atoms with Gasteiger partial charge in [0.2, 0.25) is 0 Å². The van der Waals surface area contributed by atoms with Crippen LogP contribution in [0.15, 0.2) is 12.2 Å². The van der Waals surface area contributed by atoms with Gasteiger partial charge in [-0.05, 0) is 12.8 Å². The molecule has 0 fully saturated rings. The maximum absolute atomic E-state index is 13.0. The number of halogens is 6. The van der Waals surface area contributed by atoms with Gasteiger partial charge in [-0.1, -0.05) is 57.6 Å². The van der Waals surface area contributed by atoms with Crippen LogP contribution in [0.2, 0.25) is 0 Å². The minimum Gasteiger partial charge on any atom is -0.461 e. The van der Waals surface area contributed by atoms with E-state index in [1.807, 2.05) is 6.08 Å². The van der Waals surface area contributed by atoms with E-state index in [9.17, 15) is 35.9 Å². The van der Waals surface area contributed by atoms with Gasteiger partial charge in [-0.15, -0.1) is 0 Å². The Morgan fingerprint density at radius 1 is 0.833 bits per heavy atom. The summed E-state index contributed by atoms with van der Waals surface area (Å²) in [5.41, 5.74) is 0. The lowest BCUT2D eigenvalue weighted by Crippen LogP contribution is -2.45. The molecule has 0 saturated carbocycles. The highest BCUT2D eigenvalue weighted by Crippen LogP contribution is 2.35. The number of allylic oxidation sites excluding steroid dienone is 1. The lowest BCUT2D eigenvalue weighted by Gasteiger charge is -2.22. The molecule has 4 nitrogen and oxygen atoms in total. The van der Waals surface area contributed by atoms with Crippen LogP contribution in [0, 0.1) is 0 Å². The van der Waals surface area contributed by atoms with E-state index in [4.69, 9.17) is 4.74 Å². The molecule has 176 valence electrons. The SMILES string of the molecule is CCCCCCCCC/C=C/COC(=O)CCC(=O)OCC(F)(F)C(F)C(F)(F)F. The fourth-order valence-electron chi connectivity index (χ4n) is 2.38. The third kappa shape index (κ3) is 14.3. The maximum Gasteiger partial charge on any atom is 0.425 e. The predicted molar refractivity (Wildman–Crippen MR) is 98.8 cm³/mol. The van der Waals surface area contributed by atoms with Crippen molar-refractivity contribution in [3.8, 4) is 0 Å². The molecule has 1 unspecified atom stereocenters. The van der Waals surface area contributed by atoms with Gasteiger partial charge in [0.05, 0.1) is 12.8 Å². The average molecular weight is 448 g/mol. The van der Waals surface area contributed by atoms with Crippen LogP contribution < -0.4 is 0 Å². The molecular formula is C20H30F6O4. The minimum absolute atomic E-state index is 0.0163. The highest BCUT2D eigenvalue weighted by atomic mass is 19.4. The van der Waals surface area contributed by atoms with E-state index in [0.717, 1.165) is 19.3 Å². The van der Waals surface area contributed by atoms with Gasteiger partial charge in [0.1, 0.15) is 6.61 Å².